The van der Waals surface area contributed by atoms with Crippen LogP contribution in [0.25, 0.3) is 5.76 Å². The molecular weight excluding hydrogens is 444 g/mol. The van der Waals surface area contributed by atoms with Crippen molar-refractivity contribution in [3.8, 4) is 5.75 Å². The van der Waals surface area contributed by atoms with E-state index in [9.17, 15) is 14.7 Å². The summed E-state index contributed by atoms with van der Waals surface area (Å²) in [7, 11) is 1.56. The average molecular weight is 471 g/mol. The largest absolute Gasteiger partial charge is 0.507 e. The van der Waals surface area contributed by atoms with Crippen molar-refractivity contribution >= 4 is 29.1 Å². The molecule has 1 atom stereocenters. The van der Waals surface area contributed by atoms with Crippen LogP contribution in [0, 0.1) is 6.92 Å². The summed E-state index contributed by atoms with van der Waals surface area (Å²) in [6.07, 6.45) is 0. The van der Waals surface area contributed by atoms with E-state index in [1.54, 1.807) is 54.5 Å². The first-order valence-corrected chi connectivity index (χ1v) is 11.3. The Kier molecular flexibility index (Phi) is 7.02. The van der Waals surface area contributed by atoms with Crippen molar-refractivity contribution in [1.82, 2.24) is 9.80 Å². The number of rotatable bonds is 6. The molecule has 2 aliphatic heterocycles. The fourth-order valence-corrected chi connectivity index (χ4v) is 4.48. The van der Waals surface area contributed by atoms with Crippen molar-refractivity contribution < 1.29 is 24.2 Å². The van der Waals surface area contributed by atoms with Crippen molar-refractivity contribution in [1.29, 1.82) is 0 Å². The lowest BCUT2D eigenvalue weighted by Crippen LogP contribution is -2.42. The Bertz CT molecular complexity index is 1080. The SMILES string of the molecule is COc1ccc(C(O)=C2C(=O)C(=O)N(CCN3CCOCC3)[C@H]2c2ccc(Cl)cc2)c(C)c1. The Labute approximate surface area is 198 Å². The first kappa shape index (κ1) is 23.3. The van der Waals surface area contributed by atoms with E-state index in [0.717, 1.165) is 18.7 Å². The number of carbonyl (C=O) groups is 2. The maximum atomic E-state index is 13.2. The van der Waals surface area contributed by atoms with Crippen LogP contribution in [0.15, 0.2) is 48.0 Å². The van der Waals surface area contributed by atoms with E-state index in [1.807, 2.05) is 6.92 Å². The Hall–Kier alpha value is -2.87. The van der Waals surface area contributed by atoms with E-state index in [0.29, 0.717) is 48.2 Å². The molecule has 33 heavy (non-hydrogen) atoms. The van der Waals surface area contributed by atoms with Gasteiger partial charge in [0.2, 0.25) is 0 Å². The number of morpholine rings is 1. The molecule has 0 radical (unpaired) electrons. The lowest BCUT2D eigenvalue weighted by molar-refractivity contribution is -0.140. The predicted molar refractivity (Wildman–Crippen MR) is 125 cm³/mol. The molecule has 2 fully saturated rings. The van der Waals surface area contributed by atoms with Crippen molar-refractivity contribution in [2.24, 2.45) is 0 Å². The van der Waals surface area contributed by atoms with Crippen LogP contribution in [0.3, 0.4) is 0 Å². The van der Waals surface area contributed by atoms with Gasteiger partial charge in [-0.05, 0) is 48.4 Å². The molecule has 1 N–H and O–H groups in total. The van der Waals surface area contributed by atoms with Crippen LogP contribution in [0.2, 0.25) is 5.02 Å². The van der Waals surface area contributed by atoms with Crippen LogP contribution in [0.4, 0.5) is 0 Å². The van der Waals surface area contributed by atoms with Crippen LogP contribution in [0.5, 0.6) is 5.75 Å². The second-order valence-electron chi connectivity index (χ2n) is 8.18. The van der Waals surface area contributed by atoms with Gasteiger partial charge in [-0.25, -0.2) is 0 Å². The Balaban J connectivity index is 1.75. The summed E-state index contributed by atoms with van der Waals surface area (Å²) in [6.45, 7) is 5.65. The standard InChI is InChI=1S/C25H27ClN2O5/c1-16-15-19(32-2)7-8-20(16)23(29)21-22(17-3-5-18(26)6-4-17)28(25(31)24(21)30)10-9-27-11-13-33-14-12-27/h3-8,15,22,29H,9-14H2,1-2H3/t22-/m0/s1. The normalized spacial score (nSPS) is 20.9. The third-order valence-electron chi connectivity index (χ3n) is 6.18. The minimum atomic E-state index is -0.704. The van der Waals surface area contributed by atoms with Gasteiger partial charge in [0.05, 0.1) is 31.9 Å². The number of aliphatic hydroxyl groups is 1. The lowest BCUT2D eigenvalue weighted by Gasteiger charge is -2.31. The van der Waals surface area contributed by atoms with Crippen LogP contribution in [0.1, 0.15) is 22.7 Å². The number of Topliss-reactive ketones (excluding diaryl/α,β-unsaturated/α-hetero) is 1. The quantitative estimate of drug-likeness (QED) is 0.396. The fraction of sp³-hybridized carbons (Fsp3) is 0.360. The molecule has 2 aromatic carbocycles. The summed E-state index contributed by atoms with van der Waals surface area (Å²) >= 11 is 6.08. The topological polar surface area (TPSA) is 79.3 Å². The number of aryl methyl sites for hydroxylation is 1. The number of hydrogen-bond acceptors (Lipinski definition) is 6. The molecule has 0 unspecified atom stereocenters. The fourth-order valence-electron chi connectivity index (χ4n) is 4.35. The van der Waals surface area contributed by atoms with E-state index in [2.05, 4.69) is 4.90 Å². The highest BCUT2D eigenvalue weighted by Crippen LogP contribution is 2.40. The van der Waals surface area contributed by atoms with Gasteiger partial charge in [-0.2, -0.15) is 0 Å². The molecule has 2 saturated heterocycles. The Morgan fingerprint density at radius 1 is 1.12 bits per heavy atom. The molecule has 8 heteroatoms. The molecule has 0 aromatic heterocycles. The van der Waals surface area contributed by atoms with Crippen LogP contribution >= 0.6 is 11.6 Å². The maximum absolute atomic E-state index is 13.2. The number of amides is 1. The molecule has 1 amide bonds. The van der Waals surface area contributed by atoms with E-state index in [1.165, 1.54) is 0 Å². The van der Waals surface area contributed by atoms with Gasteiger partial charge in [-0.15, -0.1) is 0 Å². The molecule has 2 aliphatic rings. The summed E-state index contributed by atoms with van der Waals surface area (Å²) in [5, 5.41) is 11.8. The molecule has 0 saturated carbocycles. The van der Waals surface area contributed by atoms with Crippen molar-refractivity contribution in [2.75, 3.05) is 46.5 Å². The minimum absolute atomic E-state index is 0.0811. The summed E-state index contributed by atoms with van der Waals surface area (Å²) in [5.41, 5.74) is 2.02. The van der Waals surface area contributed by atoms with Gasteiger partial charge in [0.15, 0.2) is 0 Å². The summed E-state index contributed by atoms with van der Waals surface area (Å²) in [5.74, 6) is -0.854. The third kappa shape index (κ3) is 4.76. The zero-order chi connectivity index (χ0) is 23.5. The van der Waals surface area contributed by atoms with E-state index < -0.39 is 17.7 Å². The van der Waals surface area contributed by atoms with Gasteiger partial charge >= 0.3 is 0 Å². The van der Waals surface area contributed by atoms with Gasteiger partial charge in [0.1, 0.15) is 11.5 Å². The number of nitrogens with zero attached hydrogens (tertiary/aromatic N) is 2. The predicted octanol–water partition coefficient (Wildman–Crippen LogP) is 3.41. The lowest BCUT2D eigenvalue weighted by atomic mass is 9.94. The smallest absolute Gasteiger partial charge is 0.295 e. The summed E-state index contributed by atoms with van der Waals surface area (Å²) in [6, 6.07) is 11.5. The first-order chi connectivity index (χ1) is 15.9. The Morgan fingerprint density at radius 3 is 2.45 bits per heavy atom. The van der Waals surface area contributed by atoms with Crippen LogP contribution in [-0.4, -0.2) is 73.1 Å². The third-order valence-corrected chi connectivity index (χ3v) is 6.43. The van der Waals surface area contributed by atoms with E-state index in [-0.39, 0.29) is 11.3 Å². The molecule has 4 rings (SSSR count). The second-order valence-corrected chi connectivity index (χ2v) is 8.62. The van der Waals surface area contributed by atoms with Gasteiger partial charge < -0.3 is 19.5 Å². The molecule has 0 bridgehead atoms. The molecule has 0 aliphatic carbocycles. The zero-order valence-electron chi connectivity index (χ0n) is 18.7. The highest BCUT2D eigenvalue weighted by Gasteiger charge is 2.46. The molecule has 2 aromatic rings. The van der Waals surface area contributed by atoms with Gasteiger partial charge in [-0.1, -0.05) is 23.7 Å². The minimum Gasteiger partial charge on any atom is -0.507 e. The van der Waals surface area contributed by atoms with Crippen LogP contribution < -0.4 is 4.74 Å². The number of likely N-dealkylation sites (tertiary alicyclic amines) is 1. The number of ketones is 1. The van der Waals surface area contributed by atoms with Gasteiger partial charge in [-0.3, -0.25) is 14.5 Å². The summed E-state index contributed by atoms with van der Waals surface area (Å²) in [4.78, 5) is 30.0. The molecule has 174 valence electrons. The number of ether oxygens (including phenoxy) is 2. The molecular formula is C25H27ClN2O5. The number of benzene rings is 2. The average Bonchev–Trinajstić information content (AvgIpc) is 3.08. The Morgan fingerprint density at radius 2 is 1.82 bits per heavy atom. The van der Waals surface area contributed by atoms with E-state index >= 15 is 0 Å². The van der Waals surface area contributed by atoms with Crippen molar-refractivity contribution in [2.45, 2.75) is 13.0 Å². The van der Waals surface area contributed by atoms with Crippen LogP contribution in [-0.2, 0) is 14.3 Å². The molecule has 2 heterocycles. The number of carbonyl (C=O) groups excluding carboxylic acids is 2. The summed E-state index contributed by atoms with van der Waals surface area (Å²) < 4.78 is 10.6. The second kappa shape index (κ2) is 9.95. The number of aliphatic hydroxyl groups excluding tert-OH is 1. The van der Waals surface area contributed by atoms with Gasteiger partial charge in [0.25, 0.3) is 11.7 Å². The number of halogens is 1. The maximum Gasteiger partial charge on any atom is 0.295 e. The molecule has 0 spiro atoms. The number of methoxy groups -OCH3 is 1. The number of hydrogen-bond donors (Lipinski definition) is 1. The molecule has 7 nitrogen and oxygen atoms in total. The zero-order valence-corrected chi connectivity index (χ0v) is 19.5. The van der Waals surface area contributed by atoms with Crippen molar-refractivity contribution in [3.05, 3.63) is 69.8 Å². The first-order valence-electron chi connectivity index (χ1n) is 10.9. The van der Waals surface area contributed by atoms with Crippen molar-refractivity contribution in [3.63, 3.8) is 0 Å². The van der Waals surface area contributed by atoms with Gasteiger partial charge in [0, 0.05) is 36.8 Å². The highest BCUT2D eigenvalue weighted by atomic mass is 35.5. The highest BCUT2D eigenvalue weighted by molar-refractivity contribution is 6.46. The monoisotopic (exact) mass is 470 g/mol. The van der Waals surface area contributed by atoms with E-state index in [4.69, 9.17) is 21.1 Å².